The fourth-order valence-electron chi connectivity index (χ4n) is 1.95. The number of carbonyl (C=O) groups is 4. The van der Waals surface area contributed by atoms with Crippen LogP contribution in [0.3, 0.4) is 0 Å². The Labute approximate surface area is 175 Å². The van der Waals surface area contributed by atoms with Gasteiger partial charge < -0.3 is 31.9 Å². The molecule has 0 radical (unpaired) electrons. The molecule has 0 saturated heterocycles. The van der Waals surface area contributed by atoms with E-state index in [1.807, 2.05) is 0 Å². The van der Waals surface area contributed by atoms with Crippen molar-refractivity contribution in [2.45, 2.75) is 51.4 Å². The van der Waals surface area contributed by atoms with E-state index in [0.29, 0.717) is 12.8 Å². The molecule has 170 valence electrons. The largest absolute Gasteiger partial charge is 0.481 e. The van der Waals surface area contributed by atoms with Crippen molar-refractivity contribution in [3.05, 3.63) is 35.4 Å². The summed E-state index contributed by atoms with van der Waals surface area (Å²) in [6, 6.07) is 5.02. The van der Waals surface area contributed by atoms with E-state index in [4.69, 9.17) is 31.9 Å². The molecule has 0 aliphatic rings. The summed E-state index contributed by atoms with van der Waals surface area (Å²) in [6.45, 7) is 1.65. The SMILES string of the molecule is NCCCCCCN.O=C(O)CCCCC(=O)O.O=C(O)c1ccc(C(=O)O)cc1. The van der Waals surface area contributed by atoms with Gasteiger partial charge in [-0.15, -0.1) is 0 Å². The predicted molar refractivity (Wildman–Crippen MR) is 111 cm³/mol. The molecule has 0 saturated carbocycles. The standard InChI is InChI=1S/C8H6O4.C6H16N2.C6H10O4/c9-7(10)5-1-2-6(4-3-5)8(11)12;7-5-3-1-2-4-6-8;7-5(8)3-1-2-4-6(9)10/h1-4H,(H,9,10)(H,11,12);1-8H2;1-4H2,(H,7,8)(H,9,10). The van der Waals surface area contributed by atoms with Crippen molar-refractivity contribution < 1.29 is 39.6 Å². The van der Waals surface area contributed by atoms with Crippen LogP contribution in [0.5, 0.6) is 0 Å². The lowest BCUT2D eigenvalue weighted by molar-refractivity contribution is -0.139. The molecule has 0 spiro atoms. The van der Waals surface area contributed by atoms with Crippen LogP contribution >= 0.6 is 0 Å². The zero-order chi connectivity index (χ0) is 23.4. The van der Waals surface area contributed by atoms with Crippen LogP contribution in [0.25, 0.3) is 0 Å². The van der Waals surface area contributed by atoms with E-state index in [1.165, 1.54) is 37.1 Å². The molecule has 10 heteroatoms. The fraction of sp³-hybridized carbons (Fsp3) is 0.500. The van der Waals surface area contributed by atoms with Crippen LogP contribution in [-0.2, 0) is 9.59 Å². The second-order valence-corrected chi connectivity index (χ2v) is 6.17. The number of nitrogens with two attached hydrogens (primary N) is 2. The molecule has 0 fully saturated rings. The normalized spacial score (nSPS) is 9.40. The average molecular weight is 428 g/mol. The van der Waals surface area contributed by atoms with Crippen LogP contribution in [0.4, 0.5) is 0 Å². The summed E-state index contributed by atoms with van der Waals surface area (Å²) in [5.41, 5.74) is 10.7. The molecule has 8 N–H and O–H groups in total. The molecular formula is C20H32N2O8. The Hall–Kier alpha value is -2.98. The second kappa shape index (κ2) is 19.3. The Balaban J connectivity index is 0. The highest BCUT2D eigenvalue weighted by Crippen LogP contribution is 2.03. The average Bonchev–Trinajstić information content (AvgIpc) is 2.69. The number of hydrogen-bond acceptors (Lipinski definition) is 6. The number of aliphatic carboxylic acids is 2. The van der Waals surface area contributed by atoms with E-state index in [0.717, 1.165) is 25.9 Å². The monoisotopic (exact) mass is 428 g/mol. The Kier molecular flexibility index (Phi) is 18.8. The predicted octanol–water partition coefficient (Wildman–Crippen LogP) is 2.26. The Morgan fingerprint density at radius 3 is 1.07 bits per heavy atom. The first kappa shape index (κ1) is 29.2. The third-order valence-corrected chi connectivity index (χ3v) is 3.57. The summed E-state index contributed by atoms with van der Waals surface area (Å²) >= 11 is 0. The molecular weight excluding hydrogens is 396 g/mol. The molecule has 0 bridgehead atoms. The second-order valence-electron chi connectivity index (χ2n) is 6.17. The van der Waals surface area contributed by atoms with Crippen LogP contribution < -0.4 is 11.5 Å². The maximum Gasteiger partial charge on any atom is 0.335 e. The maximum atomic E-state index is 10.3. The number of aromatic carboxylic acids is 2. The molecule has 1 rings (SSSR count). The van der Waals surface area contributed by atoms with Gasteiger partial charge in [0, 0.05) is 12.8 Å². The van der Waals surface area contributed by atoms with E-state index >= 15 is 0 Å². The molecule has 0 heterocycles. The van der Waals surface area contributed by atoms with E-state index in [1.54, 1.807) is 0 Å². The van der Waals surface area contributed by atoms with E-state index in [-0.39, 0.29) is 24.0 Å². The molecule has 0 amide bonds. The minimum absolute atomic E-state index is 0.0628. The van der Waals surface area contributed by atoms with Gasteiger partial charge in [0.1, 0.15) is 0 Å². The van der Waals surface area contributed by atoms with Gasteiger partial charge in [-0.1, -0.05) is 12.8 Å². The highest BCUT2D eigenvalue weighted by molar-refractivity contribution is 5.91. The molecule has 30 heavy (non-hydrogen) atoms. The van der Waals surface area contributed by atoms with Gasteiger partial charge in [-0.05, 0) is 63.0 Å². The Morgan fingerprint density at radius 1 is 0.567 bits per heavy atom. The first-order valence-electron chi connectivity index (χ1n) is 9.56. The van der Waals surface area contributed by atoms with Crippen molar-refractivity contribution in [1.29, 1.82) is 0 Å². The summed E-state index contributed by atoms with van der Waals surface area (Å²) < 4.78 is 0. The number of rotatable bonds is 12. The van der Waals surface area contributed by atoms with Crippen molar-refractivity contribution in [2.75, 3.05) is 13.1 Å². The minimum atomic E-state index is -1.06. The van der Waals surface area contributed by atoms with Crippen LogP contribution in [-0.4, -0.2) is 57.4 Å². The zero-order valence-electron chi connectivity index (χ0n) is 17.0. The quantitative estimate of drug-likeness (QED) is 0.268. The van der Waals surface area contributed by atoms with Crippen LogP contribution in [0.1, 0.15) is 72.1 Å². The van der Waals surface area contributed by atoms with Crippen molar-refractivity contribution in [3.63, 3.8) is 0 Å². The van der Waals surface area contributed by atoms with E-state index in [2.05, 4.69) is 0 Å². The van der Waals surface area contributed by atoms with E-state index < -0.39 is 23.9 Å². The van der Waals surface area contributed by atoms with Gasteiger partial charge in [0.25, 0.3) is 0 Å². The van der Waals surface area contributed by atoms with E-state index in [9.17, 15) is 19.2 Å². The number of carboxylic acid groups (broad SMARTS) is 4. The summed E-state index contributed by atoms with van der Waals surface area (Å²) in [5, 5.41) is 33.2. The van der Waals surface area contributed by atoms with Crippen molar-refractivity contribution in [3.8, 4) is 0 Å². The Morgan fingerprint density at radius 2 is 0.867 bits per heavy atom. The van der Waals surface area contributed by atoms with Gasteiger partial charge in [-0.2, -0.15) is 0 Å². The lowest BCUT2D eigenvalue weighted by Crippen LogP contribution is -2.00. The van der Waals surface area contributed by atoms with Gasteiger partial charge in [0.05, 0.1) is 11.1 Å². The fourth-order valence-corrected chi connectivity index (χ4v) is 1.95. The third-order valence-electron chi connectivity index (χ3n) is 3.57. The smallest absolute Gasteiger partial charge is 0.335 e. The molecule has 0 unspecified atom stereocenters. The number of carboxylic acids is 4. The lowest BCUT2D eigenvalue weighted by Gasteiger charge is -1.94. The first-order chi connectivity index (χ1) is 14.1. The van der Waals surface area contributed by atoms with Crippen LogP contribution in [0.2, 0.25) is 0 Å². The van der Waals surface area contributed by atoms with Gasteiger partial charge in [-0.3, -0.25) is 9.59 Å². The van der Waals surface area contributed by atoms with Gasteiger partial charge in [-0.25, -0.2) is 9.59 Å². The number of hydrogen-bond donors (Lipinski definition) is 6. The van der Waals surface area contributed by atoms with Crippen molar-refractivity contribution in [1.82, 2.24) is 0 Å². The van der Waals surface area contributed by atoms with Crippen molar-refractivity contribution in [2.24, 2.45) is 11.5 Å². The molecule has 0 aromatic heterocycles. The molecule has 1 aromatic rings. The highest BCUT2D eigenvalue weighted by Gasteiger charge is 2.04. The maximum absolute atomic E-state index is 10.3. The minimum Gasteiger partial charge on any atom is -0.481 e. The number of benzene rings is 1. The zero-order valence-corrected chi connectivity index (χ0v) is 17.0. The summed E-state index contributed by atoms with van der Waals surface area (Å²) in [7, 11) is 0. The van der Waals surface area contributed by atoms with Crippen molar-refractivity contribution >= 4 is 23.9 Å². The first-order valence-corrected chi connectivity index (χ1v) is 9.56. The molecule has 0 atom stereocenters. The third kappa shape index (κ3) is 19.8. The molecule has 10 nitrogen and oxygen atoms in total. The summed E-state index contributed by atoms with van der Waals surface area (Å²) in [5.74, 6) is -3.87. The van der Waals surface area contributed by atoms with Gasteiger partial charge in [0.2, 0.25) is 0 Å². The van der Waals surface area contributed by atoms with Gasteiger partial charge in [0.15, 0.2) is 0 Å². The topological polar surface area (TPSA) is 201 Å². The molecule has 1 aromatic carbocycles. The Bertz CT molecular complexity index is 577. The number of unbranched alkanes of at least 4 members (excludes halogenated alkanes) is 4. The summed E-state index contributed by atoms with van der Waals surface area (Å²) in [4.78, 5) is 40.5. The van der Waals surface area contributed by atoms with Crippen LogP contribution in [0, 0.1) is 0 Å². The molecule has 0 aliphatic heterocycles. The summed E-state index contributed by atoms with van der Waals surface area (Å²) in [6.07, 6.45) is 5.81. The van der Waals surface area contributed by atoms with Crippen LogP contribution in [0.15, 0.2) is 24.3 Å². The lowest BCUT2D eigenvalue weighted by atomic mass is 10.1. The van der Waals surface area contributed by atoms with Gasteiger partial charge >= 0.3 is 23.9 Å². The molecule has 0 aliphatic carbocycles. The highest BCUT2D eigenvalue weighted by atomic mass is 16.4.